The van der Waals surface area contributed by atoms with E-state index >= 15 is 0 Å². The summed E-state index contributed by atoms with van der Waals surface area (Å²) in [5.41, 5.74) is -1.72. The molecule has 1 aliphatic heterocycles. The predicted octanol–water partition coefficient (Wildman–Crippen LogP) is 4.86. The molecule has 0 bridgehead atoms. The van der Waals surface area contributed by atoms with Gasteiger partial charge in [-0.3, -0.25) is 14.2 Å². The lowest BCUT2D eigenvalue weighted by molar-refractivity contribution is -0.138. The Morgan fingerprint density at radius 1 is 1.21 bits per heavy atom. The number of aryl methyl sites for hydroxylation is 1. The van der Waals surface area contributed by atoms with E-state index in [9.17, 15) is 18.8 Å². The molecule has 1 saturated heterocycles. The fourth-order valence-corrected chi connectivity index (χ4v) is 6.85. The molecule has 1 atom stereocenters. The van der Waals surface area contributed by atoms with Crippen molar-refractivity contribution < 1.29 is 23.1 Å². The maximum atomic E-state index is 14.5. The fourth-order valence-electron chi connectivity index (χ4n) is 5.61. The predicted molar refractivity (Wildman–Crippen MR) is 158 cm³/mol. The van der Waals surface area contributed by atoms with E-state index in [0.717, 1.165) is 17.4 Å². The van der Waals surface area contributed by atoms with Crippen molar-refractivity contribution in [3.63, 3.8) is 0 Å². The highest BCUT2D eigenvalue weighted by atomic mass is 32.1. The summed E-state index contributed by atoms with van der Waals surface area (Å²) in [6.07, 6.45) is 3.56. The molecule has 1 aromatic carbocycles. The Morgan fingerprint density at radius 3 is 2.55 bits per heavy atom. The van der Waals surface area contributed by atoms with E-state index in [1.54, 1.807) is 25.7 Å². The van der Waals surface area contributed by atoms with Crippen LogP contribution in [0.5, 0.6) is 5.75 Å². The first-order chi connectivity index (χ1) is 19.9. The van der Waals surface area contributed by atoms with Crippen LogP contribution in [-0.4, -0.2) is 51.2 Å². The van der Waals surface area contributed by atoms with Gasteiger partial charge in [0.15, 0.2) is 0 Å². The number of halogens is 1. The van der Waals surface area contributed by atoms with E-state index in [1.807, 2.05) is 13.8 Å². The second-order valence-corrected chi connectivity index (χ2v) is 12.2. The van der Waals surface area contributed by atoms with Gasteiger partial charge in [-0.1, -0.05) is 0 Å². The molecule has 0 radical (unpaired) electrons. The van der Waals surface area contributed by atoms with Gasteiger partial charge >= 0.3 is 5.69 Å². The van der Waals surface area contributed by atoms with Crippen LogP contribution in [0.1, 0.15) is 57.8 Å². The number of methoxy groups -OCH3 is 1. The average Bonchev–Trinajstić information content (AvgIpc) is 3.71. The molecule has 1 fully saturated rings. The zero-order chi connectivity index (χ0) is 30.3. The van der Waals surface area contributed by atoms with Gasteiger partial charge in [-0.25, -0.2) is 18.7 Å². The van der Waals surface area contributed by atoms with Crippen LogP contribution in [0.4, 0.5) is 4.39 Å². The average molecular weight is 599 g/mol. The Hall–Kier alpha value is -3.77. The minimum atomic E-state index is -1.48. The smallest absolute Gasteiger partial charge is 0.333 e. The number of rotatable bonds is 9. The first-order valence-corrected chi connectivity index (χ1v) is 14.7. The number of carbonyl (C=O) groups is 1. The van der Waals surface area contributed by atoms with E-state index < -0.39 is 28.7 Å². The summed E-state index contributed by atoms with van der Waals surface area (Å²) in [6.45, 7) is 9.71. The van der Waals surface area contributed by atoms with Crippen LogP contribution in [0.15, 0.2) is 44.7 Å². The first-order valence-electron chi connectivity index (χ1n) is 13.9. The van der Waals surface area contributed by atoms with Crippen LogP contribution in [0.2, 0.25) is 0 Å². The maximum absolute atomic E-state index is 14.5. The standard InChI is InChI=1S/C30H35FN4O6S/c1-17(2)41-22(20-15-19(31)9-10-21(20)39-6)16-34-27-23(18(3)24(42-27)25-32-11-14-40-25)26(36)35(29(34)38)30(4,5)28(37)33-12-7-8-13-33/h9-11,14-15,17,22H,7-8,12-13,16H2,1-6H3/t22-/m0/s1. The van der Waals surface area contributed by atoms with E-state index in [0.29, 0.717) is 45.6 Å². The van der Waals surface area contributed by atoms with Crippen molar-refractivity contribution in [1.29, 1.82) is 0 Å². The van der Waals surface area contributed by atoms with Crippen LogP contribution < -0.4 is 16.0 Å². The second-order valence-electron chi connectivity index (χ2n) is 11.2. The number of carbonyl (C=O) groups excluding carboxylic acids is 1. The maximum Gasteiger partial charge on any atom is 0.333 e. The quantitative estimate of drug-likeness (QED) is 0.271. The van der Waals surface area contributed by atoms with E-state index in [2.05, 4.69) is 4.98 Å². The number of hydrogen-bond donors (Lipinski definition) is 0. The Morgan fingerprint density at radius 2 is 1.93 bits per heavy atom. The Labute approximate surface area is 246 Å². The lowest BCUT2D eigenvalue weighted by atomic mass is 10.0. The van der Waals surface area contributed by atoms with Gasteiger partial charge < -0.3 is 18.8 Å². The Kier molecular flexibility index (Phi) is 8.13. The van der Waals surface area contributed by atoms with Crippen LogP contribution in [0.25, 0.3) is 21.0 Å². The number of aromatic nitrogens is 3. The van der Waals surface area contributed by atoms with E-state index in [1.165, 1.54) is 53.7 Å². The molecule has 42 heavy (non-hydrogen) atoms. The number of likely N-dealkylation sites (tertiary alicyclic amines) is 1. The number of benzene rings is 1. The third-order valence-electron chi connectivity index (χ3n) is 7.64. The summed E-state index contributed by atoms with van der Waals surface area (Å²) in [7, 11) is 1.48. The molecule has 0 spiro atoms. The van der Waals surface area contributed by atoms with Crippen LogP contribution in [0.3, 0.4) is 0 Å². The highest BCUT2D eigenvalue weighted by Gasteiger charge is 2.39. The van der Waals surface area contributed by atoms with Gasteiger partial charge in [0.2, 0.25) is 11.8 Å². The Bertz CT molecular complexity index is 1730. The van der Waals surface area contributed by atoms with Gasteiger partial charge in [-0.05, 0) is 71.2 Å². The number of nitrogens with zero attached hydrogens (tertiary/aromatic N) is 4. The molecule has 0 aliphatic carbocycles. The largest absolute Gasteiger partial charge is 0.496 e. The molecular weight excluding hydrogens is 563 g/mol. The van der Waals surface area contributed by atoms with Gasteiger partial charge in [0.05, 0.1) is 36.2 Å². The SMILES string of the molecule is COc1ccc(F)cc1[C@H](Cn1c(=O)n(C(C)(C)C(=O)N2CCCC2)c(=O)c2c(C)c(-c3ncco3)sc21)OC(C)C. The highest BCUT2D eigenvalue weighted by Crippen LogP contribution is 2.37. The van der Waals surface area contributed by atoms with Gasteiger partial charge in [-0.15, -0.1) is 11.3 Å². The zero-order valence-electron chi connectivity index (χ0n) is 24.6. The molecule has 4 aromatic rings. The van der Waals surface area contributed by atoms with Gasteiger partial charge in [0.25, 0.3) is 5.56 Å². The minimum Gasteiger partial charge on any atom is -0.496 e. The van der Waals surface area contributed by atoms with Crippen LogP contribution >= 0.6 is 11.3 Å². The summed E-state index contributed by atoms with van der Waals surface area (Å²) in [5, 5.41) is 0.282. The summed E-state index contributed by atoms with van der Waals surface area (Å²) in [4.78, 5) is 49.2. The molecule has 3 aromatic heterocycles. The normalized spacial score (nSPS) is 14.7. The summed E-state index contributed by atoms with van der Waals surface area (Å²) in [5.74, 6) is -0.0753. The number of oxazole rings is 1. The third-order valence-corrected chi connectivity index (χ3v) is 8.94. The first kappa shape index (κ1) is 29.7. The second kappa shape index (κ2) is 11.5. The number of ether oxygens (including phenoxy) is 2. The van der Waals surface area contributed by atoms with E-state index in [-0.39, 0.29) is 23.9 Å². The molecule has 0 saturated carbocycles. The molecule has 0 unspecified atom stereocenters. The lowest BCUT2D eigenvalue weighted by Crippen LogP contribution is -2.56. The lowest BCUT2D eigenvalue weighted by Gasteiger charge is -2.31. The minimum absolute atomic E-state index is 0.0768. The van der Waals surface area contributed by atoms with Crippen molar-refractivity contribution in [2.75, 3.05) is 20.2 Å². The number of amides is 1. The highest BCUT2D eigenvalue weighted by molar-refractivity contribution is 7.22. The van der Waals surface area contributed by atoms with Gasteiger partial charge in [0, 0.05) is 18.7 Å². The van der Waals surface area contributed by atoms with E-state index in [4.69, 9.17) is 13.9 Å². The van der Waals surface area contributed by atoms with Gasteiger partial charge in [-0.2, -0.15) is 0 Å². The molecule has 12 heteroatoms. The molecule has 4 heterocycles. The van der Waals surface area contributed by atoms with Crippen molar-refractivity contribution in [3.05, 3.63) is 68.4 Å². The molecule has 1 aliphatic rings. The zero-order valence-corrected chi connectivity index (χ0v) is 25.4. The van der Waals surface area contributed by atoms with Gasteiger partial charge in [0.1, 0.15) is 34.3 Å². The van der Waals surface area contributed by atoms with Crippen molar-refractivity contribution in [2.24, 2.45) is 0 Å². The monoisotopic (exact) mass is 598 g/mol. The van der Waals surface area contributed by atoms with Crippen molar-refractivity contribution in [2.45, 2.75) is 71.8 Å². The Balaban J connectivity index is 1.78. The summed E-state index contributed by atoms with van der Waals surface area (Å²) in [6, 6.07) is 4.12. The number of fused-ring (bicyclic) bond motifs is 1. The molecule has 10 nitrogen and oxygen atoms in total. The van der Waals surface area contributed by atoms with Crippen molar-refractivity contribution in [1.82, 2.24) is 19.0 Å². The molecule has 5 rings (SSSR count). The van der Waals surface area contributed by atoms with Crippen LogP contribution in [0, 0.1) is 12.7 Å². The topological polar surface area (TPSA) is 109 Å². The fraction of sp³-hybridized carbons (Fsp3) is 0.467. The van der Waals surface area contributed by atoms with Crippen LogP contribution in [-0.2, 0) is 21.6 Å². The summed E-state index contributed by atoms with van der Waals surface area (Å²) < 4.78 is 34.3. The van der Waals surface area contributed by atoms with Crippen molar-refractivity contribution in [3.8, 4) is 16.5 Å². The summed E-state index contributed by atoms with van der Waals surface area (Å²) >= 11 is 1.20. The van der Waals surface area contributed by atoms with Crippen molar-refractivity contribution >= 4 is 27.5 Å². The number of hydrogen-bond acceptors (Lipinski definition) is 8. The molecule has 224 valence electrons. The number of thiophene rings is 1. The molecular formula is C30H35FN4O6S. The third kappa shape index (κ3) is 5.17. The molecule has 1 amide bonds. The molecule has 0 N–H and O–H groups in total.